The van der Waals surface area contributed by atoms with E-state index in [1.165, 1.54) is 30.9 Å². The van der Waals surface area contributed by atoms with E-state index in [0.717, 1.165) is 6.07 Å². The first-order chi connectivity index (χ1) is 18.8. The molecule has 1 aromatic heterocycles. The molecule has 40 heavy (non-hydrogen) atoms. The zero-order valence-corrected chi connectivity index (χ0v) is 21.7. The van der Waals surface area contributed by atoms with Crippen LogP contribution in [0, 0.1) is 19.7 Å². The van der Waals surface area contributed by atoms with Crippen LogP contribution in [0.3, 0.4) is 0 Å². The number of para-hydroxylation sites is 1. The van der Waals surface area contributed by atoms with Crippen molar-refractivity contribution in [1.82, 2.24) is 14.8 Å². The van der Waals surface area contributed by atoms with E-state index in [2.05, 4.69) is 9.94 Å². The van der Waals surface area contributed by atoms with E-state index in [1.54, 1.807) is 36.1 Å². The summed E-state index contributed by atoms with van der Waals surface area (Å²) in [6.07, 6.45) is -5.48. The number of carbonyl (C=O) groups excluding carboxylic acids is 3. The summed E-state index contributed by atoms with van der Waals surface area (Å²) in [5.74, 6) is -4.50. The molecule has 13 heteroatoms. The van der Waals surface area contributed by atoms with Crippen molar-refractivity contribution in [2.45, 2.75) is 39.4 Å². The van der Waals surface area contributed by atoms with Crippen LogP contribution in [-0.4, -0.2) is 57.9 Å². The lowest BCUT2D eigenvalue weighted by Gasteiger charge is -2.39. The first kappa shape index (κ1) is 28.5. The van der Waals surface area contributed by atoms with Gasteiger partial charge in [-0.25, -0.2) is 9.18 Å². The molecule has 2 aromatic carbocycles. The van der Waals surface area contributed by atoms with Crippen LogP contribution in [-0.2, 0) is 16.0 Å². The van der Waals surface area contributed by atoms with Gasteiger partial charge < -0.3 is 14.6 Å². The van der Waals surface area contributed by atoms with Crippen LogP contribution in [0.15, 0.2) is 53.3 Å². The number of benzene rings is 2. The zero-order chi connectivity index (χ0) is 29.4. The topological polar surface area (TPSA) is 102 Å². The maximum atomic E-state index is 14.8. The minimum absolute atomic E-state index is 0.0119. The van der Waals surface area contributed by atoms with Gasteiger partial charge in [-0.1, -0.05) is 24.3 Å². The number of alkyl halides is 3. The van der Waals surface area contributed by atoms with E-state index < -0.39 is 29.4 Å². The number of aromatic nitrogens is 2. The largest absolute Gasteiger partial charge is 0.493 e. The summed E-state index contributed by atoms with van der Waals surface area (Å²) in [7, 11) is 0. The van der Waals surface area contributed by atoms with Crippen LogP contribution in [0.25, 0.3) is 0 Å². The third kappa shape index (κ3) is 5.72. The number of carbonyl (C=O) groups is 3. The Labute approximate surface area is 225 Å². The van der Waals surface area contributed by atoms with E-state index in [9.17, 15) is 36.7 Å². The van der Waals surface area contributed by atoms with Crippen molar-refractivity contribution in [2.75, 3.05) is 18.0 Å². The molecule has 1 aliphatic heterocycles. The van der Waals surface area contributed by atoms with Crippen LogP contribution in [0.4, 0.5) is 23.2 Å². The standard InChI is InChI=1S/C27H24F4N4O5/c1-15-13-33(14-23(36)34(15)19-7-5-4-6-8-19)25(38)20-11-18(9-10-21(20)28)12-22-16(2)17(3)24(37)35(32-22)40-26(39)27(29,30)31/h4-11,15H,12-14H2,1-3H3. The molecule has 9 nitrogen and oxygen atoms in total. The van der Waals surface area contributed by atoms with Crippen LogP contribution in [0.5, 0.6) is 0 Å². The Morgan fingerprint density at radius 2 is 1.73 bits per heavy atom. The maximum absolute atomic E-state index is 14.8. The van der Waals surface area contributed by atoms with Gasteiger partial charge in [0.1, 0.15) is 12.4 Å². The van der Waals surface area contributed by atoms with Crippen LogP contribution in [0.1, 0.15) is 39.7 Å². The van der Waals surface area contributed by atoms with Crippen molar-refractivity contribution in [2.24, 2.45) is 0 Å². The number of rotatable bonds is 5. The van der Waals surface area contributed by atoms with Crippen molar-refractivity contribution < 1.29 is 36.8 Å². The van der Waals surface area contributed by atoms with Gasteiger partial charge in [-0.3, -0.25) is 14.4 Å². The monoisotopic (exact) mass is 560 g/mol. The summed E-state index contributed by atoms with van der Waals surface area (Å²) in [4.78, 5) is 56.7. The molecular weight excluding hydrogens is 536 g/mol. The van der Waals surface area contributed by atoms with Crippen molar-refractivity contribution >= 4 is 23.5 Å². The molecule has 1 aliphatic rings. The fourth-order valence-corrected chi connectivity index (χ4v) is 4.41. The quantitative estimate of drug-likeness (QED) is 0.445. The molecule has 4 rings (SSSR count). The Kier molecular flexibility index (Phi) is 7.76. The van der Waals surface area contributed by atoms with Crippen LogP contribution >= 0.6 is 0 Å². The number of hydrogen-bond donors (Lipinski definition) is 0. The van der Waals surface area contributed by atoms with Crippen LogP contribution < -0.4 is 15.3 Å². The van der Waals surface area contributed by atoms with E-state index in [1.807, 2.05) is 6.07 Å². The molecule has 2 heterocycles. The minimum Gasteiger partial charge on any atom is -0.327 e. The molecule has 1 unspecified atom stereocenters. The fraction of sp³-hybridized carbons (Fsp3) is 0.296. The normalized spacial score (nSPS) is 15.8. The summed E-state index contributed by atoms with van der Waals surface area (Å²) in [5.41, 5.74) is 0.0340. The molecule has 2 amide bonds. The van der Waals surface area contributed by atoms with Gasteiger partial charge in [0.25, 0.3) is 5.91 Å². The molecule has 0 saturated carbocycles. The average molecular weight is 561 g/mol. The van der Waals surface area contributed by atoms with Gasteiger partial charge in [-0.15, -0.1) is 5.10 Å². The molecule has 0 N–H and O–H groups in total. The zero-order valence-electron chi connectivity index (χ0n) is 21.7. The minimum atomic E-state index is -5.35. The van der Waals surface area contributed by atoms with Gasteiger partial charge in [0.15, 0.2) is 0 Å². The lowest BCUT2D eigenvalue weighted by Crippen LogP contribution is -2.57. The molecular formula is C27H24F4N4O5. The first-order valence-electron chi connectivity index (χ1n) is 12.1. The lowest BCUT2D eigenvalue weighted by molar-refractivity contribution is -0.202. The number of anilines is 1. The Bertz CT molecular complexity index is 1540. The predicted octanol–water partition coefficient (Wildman–Crippen LogP) is 2.99. The number of amides is 2. The predicted molar refractivity (Wildman–Crippen MR) is 134 cm³/mol. The second-order valence-electron chi connectivity index (χ2n) is 9.38. The molecule has 0 bridgehead atoms. The van der Waals surface area contributed by atoms with Gasteiger partial charge in [-0.05, 0) is 61.0 Å². The summed E-state index contributed by atoms with van der Waals surface area (Å²) in [6.45, 7) is 4.49. The van der Waals surface area contributed by atoms with Gasteiger partial charge in [0.2, 0.25) is 5.91 Å². The Morgan fingerprint density at radius 3 is 2.35 bits per heavy atom. The number of nitrogens with zero attached hydrogens (tertiary/aromatic N) is 4. The third-order valence-electron chi connectivity index (χ3n) is 6.58. The Balaban J connectivity index is 1.58. The Morgan fingerprint density at radius 1 is 1.05 bits per heavy atom. The smallest absolute Gasteiger partial charge is 0.327 e. The molecule has 1 fully saturated rings. The lowest BCUT2D eigenvalue weighted by atomic mass is 10.0. The molecule has 1 atom stereocenters. The highest BCUT2D eigenvalue weighted by Gasteiger charge is 2.42. The highest BCUT2D eigenvalue weighted by atomic mass is 19.4. The fourth-order valence-electron chi connectivity index (χ4n) is 4.41. The number of hydrogen-bond acceptors (Lipinski definition) is 6. The molecule has 0 spiro atoms. The first-order valence-corrected chi connectivity index (χ1v) is 12.1. The van der Waals surface area contributed by atoms with E-state index in [-0.39, 0.29) is 53.1 Å². The molecule has 1 saturated heterocycles. The number of piperazine rings is 1. The Hall–Kier alpha value is -4.55. The van der Waals surface area contributed by atoms with E-state index in [0.29, 0.717) is 16.8 Å². The molecule has 0 aliphatic carbocycles. The highest BCUT2D eigenvalue weighted by Crippen LogP contribution is 2.24. The van der Waals surface area contributed by atoms with Gasteiger partial charge in [0.05, 0.1) is 17.3 Å². The average Bonchev–Trinajstić information content (AvgIpc) is 2.90. The molecule has 0 radical (unpaired) electrons. The van der Waals surface area contributed by atoms with Crippen molar-refractivity contribution in [3.63, 3.8) is 0 Å². The molecule has 210 valence electrons. The van der Waals surface area contributed by atoms with Gasteiger partial charge >= 0.3 is 17.7 Å². The van der Waals surface area contributed by atoms with Crippen LogP contribution in [0.2, 0.25) is 0 Å². The van der Waals surface area contributed by atoms with Crippen molar-refractivity contribution in [3.05, 3.63) is 92.6 Å². The molecule has 3 aromatic rings. The van der Waals surface area contributed by atoms with Gasteiger partial charge in [-0.2, -0.15) is 13.2 Å². The maximum Gasteiger partial charge on any atom is 0.493 e. The van der Waals surface area contributed by atoms with Gasteiger partial charge in [0, 0.05) is 24.2 Å². The SMILES string of the molecule is Cc1c(Cc2ccc(F)c(C(=O)N3CC(=O)N(c4ccccc4)C(C)C3)c2)nn(OC(=O)C(F)(F)F)c(=O)c1C. The van der Waals surface area contributed by atoms with Crippen molar-refractivity contribution in [3.8, 4) is 0 Å². The number of halogens is 4. The highest BCUT2D eigenvalue weighted by molar-refractivity contribution is 6.02. The summed E-state index contributed by atoms with van der Waals surface area (Å²) in [6, 6.07) is 12.2. The second-order valence-corrected chi connectivity index (χ2v) is 9.38. The third-order valence-corrected chi connectivity index (χ3v) is 6.58. The summed E-state index contributed by atoms with van der Waals surface area (Å²) in [5, 5.41) is 3.75. The second kappa shape index (κ2) is 10.9. The summed E-state index contributed by atoms with van der Waals surface area (Å²) < 4.78 is 52.7. The van der Waals surface area contributed by atoms with Crippen molar-refractivity contribution in [1.29, 1.82) is 0 Å². The van der Waals surface area contributed by atoms with E-state index >= 15 is 0 Å². The van der Waals surface area contributed by atoms with E-state index in [4.69, 9.17) is 0 Å². The summed E-state index contributed by atoms with van der Waals surface area (Å²) >= 11 is 0.